The number of benzene rings is 3. The van der Waals surface area contributed by atoms with Crippen LogP contribution < -0.4 is 20.3 Å². The van der Waals surface area contributed by atoms with Crippen molar-refractivity contribution in [1.82, 2.24) is 10.3 Å². The second-order valence-electron chi connectivity index (χ2n) is 9.44. The molecule has 1 aliphatic rings. The summed E-state index contributed by atoms with van der Waals surface area (Å²) < 4.78 is 25.6. The summed E-state index contributed by atoms with van der Waals surface area (Å²) in [7, 11) is 1.65. The number of nitrogens with one attached hydrogen (secondary N) is 2. The number of methoxy groups -OCH3 is 1. The van der Waals surface area contributed by atoms with E-state index >= 15 is 4.39 Å². The number of hydrogen-bond acceptors (Lipinski definition) is 7. The van der Waals surface area contributed by atoms with Crippen molar-refractivity contribution in [2.24, 2.45) is 0 Å². The summed E-state index contributed by atoms with van der Waals surface area (Å²) >= 11 is 1.56. The minimum Gasteiger partial charge on any atom is -0.497 e. The van der Waals surface area contributed by atoms with E-state index in [4.69, 9.17) is 9.47 Å². The predicted molar refractivity (Wildman–Crippen MR) is 153 cm³/mol. The summed E-state index contributed by atoms with van der Waals surface area (Å²) in [6.07, 6.45) is -0.378. The lowest BCUT2D eigenvalue weighted by Gasteiger charge is -2.14. The number of aromatic nitrogens is 1. The van der Waals surface area contributed by atoms with Crippen LogP contribution in [0.5, 0.6) is 5.75 Å². The number of thiazole rings is 1. The number of cyclic esters (lactones) is 1. The summed E-state index contributed by atoms with van der Waals surface area (Å²) in [6.45, 7) is 2.52. The molecule has 10 heteroatoms. The lowest BCUT2D eigenvalue weighted by molar-refractivity contribution is -0.119. The summed E-state index contributed by atoms with van der Waals surface area (Å²) in [4.78, 5) is 29.4. The van der Waals surface area contributed by atoms with Gasteiger partial charge in [-0.25, -0.2) is 14.2 Å². The highest BCUT2D eigenvalue weighted by Gasteiger charge is 2.32. The molecule has 0 spiro atoms. The molecule has 2 N–H and O–H groups in total. The van der Waals surface area contributed by atoms with Crippen LogP contribution in [0.3, 0.4) is 0 Å². The summed E-state index contributed by atoms with van der Waals surface area (Å²) in [5.41, 5.74) is 4.75. The van der Waals surface area contributed by atoms with Crippen LogP contribution in [0.4, 0.5) is 20.0 Å². The Balaban J connectivity index is 1.18. The van der Waals surface area contributed by atoms with E-state index in [0.717, 1.165) is 33.3 Å². The number of carbonyl (C=O) groups is 2. The Morgan fingerprint density at radius 2 is 1.88 bits per heavy atom. The molecular weight excluding hydrogens is 531 g/mol. The third-order valence-electron chi connectivity index (χ3n) is 6.52. The van der Waals surface area contributed by atoms with Gasteiger partial charge in [-0.15, -0.1) is 11.3 Å². The highest BCUT2D eigenvalue weighted by atomic mass is 32.1. The van der Waals surface area contributed by atoms with Crippen LogP contribution in [0.2, 0.25) is 0 Å². The Hall–Kier alpha value is -4.44. The Morgan fingerprint density at radius 1 is 1.12 bits per heavy atom. The van der Waals surface area contributed by atoms with Gasteiger partial charge in [0.25, 0.3) is 0 Å². The molecule has 4 aromatic rings. The number of halogens is 1. The van der Waals surface area contributed by atoms with E-state index in [1.54, 1.807) is 30.6 Å². The molecule has 0 radical (unpaired) electrons. The van der Waals surface area contributed by atoms with Gasteiger partial charge in [-0.05, 0) is 47.0 Å². The van der Waals surface area contributed by atoms with Gasteiger partial charge in [0.15, 0.2) is 5.13 Å². The van der Waals surface area contributed by atoms with Gasteiger partial charge in [-0.3, -0.25) is 9.69 Å². The first-order valence-electron chi connectivity index (χ1n) is 12.8. The van der Waals surface area contributed by atoms with Crippen LogP contribution in [0.1, 0.15) is 23.7 Å². The molecule has 1 atom stereocenters. The van der Waals surface area contributed by atoms with Crippen molar-refractivity contribution in [1.29, 1.82) is 0 Å². The minimum absolute atomic E-state index is 0.204. The Kier molecular flexibility index (Phi) is 8.26. The monoisotopic (exact) mass is 560 g/mol. The highest BCUT2D eigenvalue weighted by Crippen LogP contribution is 2.30. The molecule has 8 nitrogen and oxygen atoms in total. The SMILES string of the molecule is COc1ccc(CNc2nc(Cc3ccc(-c4ccc(N5C[C@H](CNC(C)=O)OC5=O)cc4F)cc3)cs2)cc1. The van der Waals surface area contributed by atoms with Crippen molar-refractivity contribution in [3.63, 3.8) is 0 Å². The van der Waals surface area contributed by atoms with E-state index in [9.17, 15) is 9.59 Å². The number of anilines is 2. The van der Waals surface area contributed by atoms with Gasteiger partial charge in [0, 0.05) is 30.8 Å². The quantitative estimate of drug-likeness (QED) is 0.262. The van der Waals surface area contributed by atoms with E-state index in [0.29, 0.717) is 24.2 Å². The number of ether oxygens (including phenoxy) is 2. The van der Waals surface area contributed by atoms with Crippen LogP contribution in [0.25, 0.3) is 11.1 Å². The maximum absolute atomic E-state index is 15.1. The normalized spacial score (nSPS) is 14.6. The van der Waals surface area contributed by atoms with Gasteiger partial charge < -0.3 is 20.1 Å². The molecule has 0 unspecified atom stereocenters. The fourth-order valence-corrected chi connectivity index (χ4v) is 5.11. The standard InChI is InChI=1S/C30H29FN4O4S/c1-19(36)32-16-26-17-35(30(37)39-26)24-9-12-27(28(31)14-24)22-7-3-20(4-8-22)13-23-18-40-29(34-23)33-15-21-5-10-25(38-2)11-6-21/h3-12,14,18,26H,13,15-17H2,1-2H3,(H,32,36)(H,33,34)/t26-/m0/s1. The van der Waals surface area contributed by atoms with E-state index in [-0.39, 0.29) is 19.0 Å². The van der Waals surface area contributed by atoms with Crippen LogP contribution >= 0.6 is 11.3 Å². The maximum Gasteiger partial charge on any atom is 0.414 e. The highest BCUT2D eigenvalue weighted by molar-refractivity contribution is 7.13. The first-order valence-corrected chi connectivity index (χ1v) is 13.7. The number of nitrogens with zero attached hydrogens (tertiary/aromatic N) is 2. The second-order valence-corrected chi connectivity index (χ2v) is 10.3. The third-order valence-corrected chi connectivity index (χ3v) is 7.37. The number of rotatable bonds is 10. The average molecular weight is 561 g/mol. The molecule has 2 amide bonds. The summed E-state index contributed by atoms with van der Waals surface area (Å²) in [5, 5.41) is 8.88. The molecule has 2 heterocycles. The van der Waals surface area contributed by atoms with Crippen LogP contribution in [0, 0.1) is 5.82 Å². The second kappa shape index (κ2) is 12.2. The zero-order chi connectivity index (χ0) is 28.1. The fraction of sp³-hybridized carbons (Fsp3) is 0.233. The van der Waals surface area contributed by atoms with Gasteiger partial charge in [-0.2, -0.15) is 0 Å². The van der Waals surface area contributed by atoms with E-state index < -0.39 is 18.0 Å². The first kappa shape index (κ1) is 27.1. The fourth-order valence-electron chi connectivity index (χ4n) is 4.40. The molecule has 3 aromatic carbocycles. The molecular formula is C30H29FN4O4S. The molecule has 0 saturated carbocycles. The lowest BCUT2D eigenvalue weighted by atomic mass is 10.0. The van der Waals surface area contributed by atoms with E-state index in [2.05, 4.69) is 15.6 Å². The van der Waals surface area contributed by atoms with Crippen molar-refractivity contribution in [2.75, 3.05) is 30.4 Å². The molecule has 0 aliphatic carbocycles. The van der Waals surface area contributed by atoms with Crippen molar-refractivity contribution in [3.05, 3.63) is 94.7 Å². The molecule has 1 aromatic heterocycles. The average Bonchev–Trinajstić information content (AvgIpc) is 3.57. The Labute approximate surface area is 235 Å². The largest absolute Gasteiger partial charge is 0.497 e. The van der Waals surface area contributed by atoms with Gasteiger partial charge in [0.1, 0.15) is 17.7 Å². The van der Waals surface area contributed by atoms with E-state index in [1.807, 2.05) is 53.9 Å². The Morgan fingerprint density at radius 3 is 2.58 bits per heavy atom. The number of hydrogen-bond donors (Lipinski definition) is 2. The van der Waals surface area contributed by atoms with Crippen LogP contribution in [-0.4, -0.2) is 43.3 Å². The lowest BCUT2D eigenvalue weighted by Crippen LogP contribution is -2.33. The van der Waals surface area contributed by atoms with Gasteiger partial charge in [0.2, 0.25) is 5.91 Å². The molecule has 1 aliphatic heterocycles. The van der Waals surface area contributed by atoms with Gasteiger partial charge in [-0.1, -0.05) is 36.4 Å². The molecule has 206 valence electrons. The molecule has 0 bridgehead atoms. The summed E-state index contributed by atoms with van der Waals surface area (Å²) in [6, 6.07) is 20.3. The predicted octanol–water partition coefficient (Wildman–Crippen LogP) is 5.62. The van der Waals surface area contributed by atoms with Crippen molar-refractivity contribution < 1.29 is 23.5 Å². The van der Waals surface area contributed by atoms with Crippen molar-refractivity contribution in [3.8, 4) is 16.9 Å². The molecule has 40 heavy (non-hydrogen) atoms. The molecule has 1 saturated heterocycles. The van der Waals surface area contributed by atoms with E-state index in [1.165, 1.54) is 17.9 Å². The summed E-state index contributed by atoms with van der Waals surface area (Å²) in [5.74, 6) is 0.189. The minimum atomic E-state index is -0.562. The Bertz CT molecular complexity index is 1490. The topological polar surface area (TPSA) is 92.8 Å². The maximum atomic E-state index is 15.1. The van der Waals surface area contributed by atoms with Gasteiger partial charge in [0.05, 0.1) is 31.6 Å². The zero-order valence-electron chi connectivity index (χ0n) is 22.1. The van der Waals surface area contributed by atoms with Crippen LogP contribution in [0.15, 0.2) is 72.1 Å². The molecule has 5 rings (SSSR count). The number of amides is 2. The van der Waals surface area contributed by atoms with Crippen LogP contribution in [-0.2, 0) is 22.5 Å². The first-order chi connectivity index (χ1) is 19.4. The zero-order valence-corrected chi connectivity index (χ0v) is 23.0. The molecule has 1 fully saturated rings. The van der Waals surface area contributed by atoms with Crippen molar-refractivity contribution >= 4 is 34.2 Å². The smallest absolute Gasteiger partial charge is 0.414 e. The van der Waals surface area contributed by atoms with Gasteiger partial charge >= 0.3 is 6.09 Å². The third kappa shape index (κ3) is 6.58. The van der Waals surface area contributed by atoms with Crippen molar-refractivity contribution in [2.45, 2.75) is 26.0 Å². The number of carbonyl (C=O) groups excluding carboxylic acids is 2.